The zero-order valence-electron chi connectivity index (χ0n) is 19.0. The minimum Gasteiger partial charge on any atom is -0.454 e. The summed E-state index contributed by atoms with van der Waals surface area (Å²) < 4.78 is 13.6. The topological polar surface area (TPSA) is 138 Å². The summed E-state index contributed by atoms with van der Waals surface area (Å²) >= 11 is 1.38. The van der Waals surface area contributed by atoms with E-state index in [9.17, 15) is 14.4 Å². The Morgan fingerprint density at radius 2 is 2.03 bits per heavy atom. The van der Waals surface area contributed by atoms with Crippen LogP contribution in [-0.4, -0.2) is 35.2 Å². The van der Waals surface area contributed by atoms with Crippen molar-refractivity contribution in [1.82, 2.24) is 29.2 Å². The number of carbonyl (C=O) groups excluding carboxylic acids is 1. The Labute approximate surface area is 198 Å². The van der Waals surface area contributed by atoms with E-state index in [1.54, 1.807) is 30.7 Å². The van der Waals surface area contributed by atoms with Gasteiger partial charge in [0.25, 0.3) is 5.56 Å². The van der Waals surface area contributed by atoms with Gasteiger partial charge in [0.2, 0.25) is 5.89 Å². The van der Waals surface area contributed by atoms with Crippen molar-refractivity contribution in [3.8, 4) is 0 Å². The minimum atomic E-state index is -0.533. The van der Waals surface area contributed by atoms with Crippen molar-refractivity contribution in [2.75, 3.05) is 0 Å². The van der Waals surface area contributed by atoms with Gasteiger partial charge in [-0.2, -0.15) is 4.98 Å². The highest BCUT2D eigenvalue weighted by Crippen LogP contribution is 2.26. The maximum absolute atomic E-state index is 12.9. The van der Waals surface area contributed by atoms with Crippen molar-refractivity contribution in [3.63, 3.8) is 0 Å². The van der Waals surface area contributed by atoms with Gasteiger partial charge in [-0.3, -0.25) is 14.3 Å². The first kappa shape index (κ1) is 23.5. The number of H-pyrrole nitrogens is 1. The first-order valence-electron chi connectivity index (χ1n) is 10.8. The summed E-state index contributed by atoms with van der Waals surface area (Å²) in [5.74, 6) is 1.24. The first-order valence-corrected chi connectivity index (χ1v) is 11.7. The summed E-state index contributed by atoms with van der Waals surface area (Å²) in [6.07, 6.45) is 1.65. The Hall–Kier alpha value is -3.67. The largest absolute Gasteiger partial charge is 0.454 e. The number of nitrogens with one attached hydrogen (secondary N) is 1. The van der Waals surface area contributed by atoms with Crippen LogP contribution in [0.5, 0.6) is 0 Å². The number of rotatable bonds is 9. The molecule has 34 heavy (non-hydrogen) atoms. The number of fused-ring (bicyclic) bond motifs is 1. The van der Waals surface area contributed by atoms with Gasteiger partial charge < -0.3 is 13.8 Å². The number of hydrogen-bond donors (Lipinski definition) is 1. The minimum absolute atomic E-state index is 0.159. The van der Waals surface area contributed by atoms with E-state index in [-0.39, 0.29) is 17.8 Å². The second-order valence-corrected chi connectivity index (χ2v) is 8.64. The second kappa shape index (κ2) is 10.1. The summed E-state index contributed by atoms with van der Waals surface area (Å²) in [6, 6.07) is 7.06. The lowest BCUT2D eigenvalue weighted by Gasteiger charge is -2.08. The number of aromatic nitrogens is 6. The highest BCUT2D eigenvalue weighted by atomic mass is 32.2. The van der Waals surface area contributed by atoms with E-state index in [0.717, 1.165) is 12.8 Å². The molecule has 0 unspecified atom stereocenters. The molecule has 11 nitrogen and oxygen atoms in total. The molecule has 0 fully saturated rings. The van der Waals surface area contributed by atoms with Gasteiger partial charge in [0.15, 0.2) is 17.0 Å². The normalized spacial score (nSPS) is 11.3. The van der Waals surface area contributed by atoms with Crippen LogP contribution in [0.15, 0.2) is 43.3 Å². The lowest BCUT2D eigenvalue weighted by molar-refractivity contribution is 0.0455. The molecular formula is C22H24N6O5S. The zero-order chi connectivity index (χ0) is 24.2. The second-order valence-electron chi connectivity index (χ2n) is 7.62. The molecule has 0 amide bonds. The monoisotopic (exact) mass is 484 g/mol. The van der Waals surface area contributed by atoms with Crippen LogP contribution in [0.1, 0.15) is 47.7 Å². The Morgan fingerprint density at radius 1 is 1.24 bits per heavy atom. The molecule has 3 aromatic heterocycles. The number of aryl methyl sites for hydroxylation is 3. The Morgan fingerprint density at radius 3 is 2.76 bits per heavy atom. The number of hydrogen-bond acceptors (Lipinski definition) is 9. The van der Waals surface area contributed by atoms with E-state index < -0.39 is 17.2 Å². The van der Waals surface area contributed by atoms with Gasteiger partial charge in [0.05, 0.1) is 11.3 Å². The molecule has 0 saturated carbocycles. The summed E-state index contributed by atoms with van der Waals surface area (Å²) in [6.45, 7) is 4.02. The van der Waals surface area contributed by atoms with Gasteiger partial charge in [-0.1, -0.05) is 30.6 Å². The number of benzene rings is 1. The Balaban J connectivity index is 1.54. The highest BCUT2D eigenvalue weighted by molar-refractivity contribution is 7.98. The van der Waals surface area contributed by atoms with Crippen LogP contribution >= 0.6 is 11.8 Å². The van der Waals surface area contributed by atoms with E-state index in [2.05, 4.69) is 20.1 Å². The van der Waals surface area contributed by atoms with E-state index in [1.807, 2.05) is 19.1 Å². The van der Waals surface area contributed by atoms with Crippen LogP contribution in [-0.2, 0) is 30.7 Å². The molecule has 0 saturated heterocycles. The molecular weight excluding hydrogens is 460 g/mol. The average molecular weight is 485 g/mol. The third-order valence-corrected chi connectivity index (χ3v) is 6.26. The zero-order valence-corrected chi connectivity index (χ0v) is 19.8. The van der Waals surface area contributed by atoms with Crippen molar-refractivity contribution in [3.05, 3.63) is 68.2 Å². The summed E-state index contributed by atoms with van der Waals surface area (Å²) in [5, 5.41) is 3.76. The predicted molar refractivity (Wildman–Crippen MR) is 125 cm³/mol. The number of ether oxygens (including phenoxy) is 1. The van der Waals surface area contributed by atoms with Crippen molar-refractivity contribution in [2.45, 2.75) is 50.5 Å². The van der Waals surface area contributed by atoms with Gasteiger partial charge in [0, 0.05) is 18.5 Å². The van der Waals surface area contributed by atoms with Crippen LogP contribution < -0.4 is 11.2 Å². The van der Waals surface area contributed by atoms with Crippen molar-refractivity contribution >= 4 is 28.9 Å². The molecule has 0 radical (unpaired) electrons. The number of nitrogens with zero attached hydrogens (tertiary/aromatic N) is 5. The third-order valence-electron chi connectivity index (χ3n) is 5.20. The Bertz CT molecular complexity index is 1450. The van der Waals surface area contributed by atoms with Crippen LogP contribution in [0.2, 0.25) is 0 Å². The predicted octanol–water partition coefficient (Wildman–Crippen LogP) is 2.56. The van der Waals surface area contributed by atoms with E-state index in [0.29, 0.717) is 40.3 Å². The maximum atomic E-state index is 12.9. The molecule has 0 aliphatic carbocycles. The van der Waals surface area contributed by atoms with Crippen LogP contribution in [0.25, 0.3) is 11.2 Å². The SMILES string of the molecule is CCCCn1c(=O)[nH]c(=O)c2c1nc(COC(=O)c1ccccc1SCc1nc(C)no1)n2C. The molecule has 4 aromatic rings. The summed E-state index contributed by atoms with van der Waals surface area (Å²) in [5.41, 5.74) is -0.109. The molecule has 178 valence electrons. The number of thioether (sulfide) groups is 1. The standard InChI is InChI=1S/C22H24N6O5S/c1-4-5-10-28-19-18(20(29)25-22(28)31)27(3)16(24-19)11-32-21(30)14-8-6-7-9-15(14)34-12-17-23-13(2)26-33-17/h6-9H,4-5,10-12H2,1-3H3,(H,25,29,31). The number of carbonyl (C=O) groups is 1. The molecule has 3 heterocycles. The highest BCUT2D eigenvalue weighted by Gasteiger charge is 2.19. The van der Waals surface area contributed by atoms with Gasteiger partial charge in [0.1, 0.15) is 12.4 Å². The fourth-order valence-corrected chi connectivity index (χ4v) is 4.33. The molecule has 0 aliphatic heterocycles. The van der Waals surface area contributed by atoms with Gasteiger partial charge >= 0.3 is 11.7 Å². The molecule has 0 aliphatic rings. The number of imidazole rings is 1. The first-order chi connectivity index (χ1) is 16.4. The van der Waals surface area contributed by atoms with E-state index in [4.69, 9.17) is 9.26 Å². The van der Waals surface area contributed by atoms with E-state index >= 15 is 0 Å². The van der Waals surface area contributed by atoms with Crippen LogP contribution in [0.3, 0.4) is 0 Å². The van der Waals surface area contributed by atoms with Gasteiger partial charge in [-0.25, -0.2) is 14.6 Å². The summed E-state index contributed by atoms with van der Waals surface area (Å²) in [7, 11) is 1.65. The smallest absolute Gasteiger partial charge is 0.339 e. The quantitative estimate of drug-likeness (QED) is 0.280. The van der Waals surface area contributed by atoms with Crippen molar-refractivity contribution < 1.29 is 14.1 Å². The number of unbranched alkanes of at least 4 members (excludes halogenated alkanes) is 1. The lowest BCUT2D eigenvalue weighted by atomic mass is 10.2. The van der Waals surface area contributed by atoms with Crippen molar-refractivity contribution in [1.29, 1.82) is 0 Å². The number of aromatic amines is 1. The molecule has 0 spiro atoms. The molecule has 1 N–H and O–H groups in total. The maximum Gasteiger partial charge on any atom is 0.339 e. The van der Waals surface area contributed by atoms with Crippen LogP contribution in [0.4, 0.5) is 0 Å². The lowest BCUT2D eigenvalue weighted by Crippen LogP contribution is -2.31. The Kier molecular flexibility index (Phi) is 6.96. The summed E-state index contributed by atoms with van der Waals surface area (Å²) in [4.78, 5) is 49.2. The van der Waals surface area contributed by atoms with Gasteiger partial charge in [-0.05, 0) is 25.5 Å². The molecule has 0 bridgehead atoms. The average Bonchev–Trinajstić information content (AvgIpc) is 3.39. The third kappa shape index (κ3) is 4.81. The van der Waals surface area contributed by atoms with Gasteiger partial charge in [-0.15, -0.1) is 11.8 Å². The number of esters is 1. The fraction of sp³-hybridized carbons (Fsp3) is 0.364. The molecule has 0 atom stereocenters. The van der Waals surface area contributed by atoms with E-state index in [1.165, 1.54) is 16.3 Å². The molecule has 12 heteroatoms. The fourth-order valence-electron chi connectivity index (χ4n) is 3.45. The molecule has 1 aromatic carbocycles. The van der Waals surface area contributed by atoms with Crippen molar-refractivity contribution in [2.24, 2.45) is 7.05 Å². The van der Waals surface area contributed by atoms with Crippen LogP contribution in [0, 0.1) is 6.92 Å². The molecule has 4 rings (SSSR count).